The van der Waals surface area contributed by atoms with Crippen LogP contribution in [0.5, 0.6) is 0 Å². The predicted octanol–water partition coefficient (Wildman–Crippen LogP) is 1.89. The zero-order valence-corrected chi connectivity index (χ0v) is 5.61. The highest BCUT2D eigenvalue weighted by molar-refractivity contribution is 6.40. The van der Waals surface area contributed by atoms with Gasteiger partial charge in [-0.15, -0.1) is 23.2 Å². The summed E-state index contributed by atoms with van der Waals surface area (Å²) in [7, 11) is 0. The van der Waals surface area contributed by atoms with E-state index in [1.165, 1.54) is 6.08 Å². The highest BCUT2D eigenvalue weighted by Crippen LogP contribution is 1.73. The number of rotatable bonds is 1. The highest BCUT2D eigenvalue weighted by Gasteiger charge is 1.41. The second-order valence-electron chi connectivity index (χ2n) is 0.504. The van der Waals surface area contributed by atoms with Crippen LogP contribution in [0.3, 0.4) is 0 Å². The quantitative estimate of drug-likeness (QED) is 0.322. The van der Waals surface area contributed by atoms with E-state index in [2.05, 4.69) is 11.6 Å². The van der Waals surface area contributed by atoms with E-state index in [0.717, 1.165) is 6.20 Å². The van der Waals surface area contributed by atoms with Crippen molar-refractivity contribution in [3.8, 4) is 0 Å². The van der Waals surface area contributed by atoms with Crippen molar-refractivity contribution >= 4 is 29.3 Å². The van der Waals surface area contributed by atoms with E-state index in [9.17, 15) is 0 Å². The third-order valence-corrected chi connectivity index (χ3v) is 0.144. The number of alkyl halides is 2. The number of nitrogens with zero attached hydrogens (tertiary/aromatic N) is 1. The van der Waals surface area contributed by atoms with E-state index >= 15 is 0 Å². The number of aliphatic imine (C=N–C) groups is 1. The summed E-state index contributed by atoms with van der Waals surface area (Å²) in [5, 5.41) is 0.194. The van der Waals surface area contributed by atoms with Gasteiger partial charge in [0.05, 0.1) is 5.34 Å². The van der Waals surface area contributed by atoms with Gasteiger partial charge in [0.1, 0.15) is 0 Å². The van der Waals surface area contributed by atoms with E-state index in [0.29, 0.717) is 0 Å². The number of carbonyl (C=O) groups excluding carboxylic acids is 1. The van der Waals surface area contributed by atoms with Crippen LogP contribution in [0.4, 0.5) is 0 Å². The van der Waals surface area contributed by atoms with E-state index in [4.69, 9.17) is 28.0 Å². The van der Waals surface area contributed by atoms with Gasteiger partial charge in [0.25, 0.3) is 0 Å². The van der Waals surface area contributed by atoms with Gasteiger partial charge in [0.2, 0.25) is 6.08 Å². The van der Waals surface area contributed by atoms with Gasteiger partial charge in [-0.2, -0.15) is 4.99 Å². The Balaban J connectivity index is 0. The van der Waals surface area contributed by atoms with Crippen molar-refractivity contribution < 1.29 is 4.79 Å². The Labute approximate surface area is 57.8 Å². The molecule has 0 spiro atoms. The molecule has 0 radical (unpaired) electrons. The largest absolute Gasteiger partial charge is 0.239 e. The van der Waals surface area contributed by atoms with Crippen LogP contribution in [0.15, 0.2) is 17.8 Å². The minimum absolute atomic E-state index is 0.194. The zero-order chi connectivity index (χ0) is 6.83. The molecular weight excluding hydrogens is 149 g/mol. The molecule has 0 N–H and O–H groups in total. The number of hydrogen-bond acceptors (Lipinski definition) is 2. The van der Waals surface area contributed by atoms with Crippen molar-refractivity contribution in [3.63, 3.8) is 0 Å². The molecule has 0 aliphatic rings. The van der Waals surface area contributed by atoms with Crippen LogP contribution in [0.2, 0.25) is 0 Å². The van der Waals surface area contributed by atoms with Crippen molar-refractivity contribution in [2.24, 2.45) is 4.99 Å². The van der Waals surface area contributed by atoms with Crippen LogP contribution in [-0.4, -0.2) is 11.4 Å². The van der Waals surface area contributed by atoms with Crippen LogP contribution in [-0.2, 0) is 4.79 Å². The topological polar surface area (TPSA) is 29.4 Å². The summed E-state index contributed by atoms with van der Waals surface area (Å²) in [5.74, 6) is 0. The molecule has 0 amide bonds. The van der Waals surface area contributed by atoms with E-state index in [-0.39, 0.29) is 5.34 Å². The molecular formula is C4H5Cl2NO. The van der Waals surface area contributed by atoms with E-state index < -0.39 is 0 Å². The maximum Gasteiger partial charge on any atom is 0.239 e. The Morgan fingerprint density at radius 1 is 1.75 bits per heavy atom. The number of isocyanates is 1. The molecule has 0 saturated heterocycles. The maximum atomic E-state index is 9.04. The fourth-order valence-corrected chi connectivity index (χ4v) is 0.0373. The first-order chi connectivity index (χ1) is 3.83. The predicted molar refractivity (Wildman–Crippen MR) is 34.9 cm³/mol. The number of halogens is 2. The Morgan fingerprint density at radius 3 is 2.12 bits per heavy atom. The van der Waals surface area contributed by atoms with Crippen LogP contribution in [0.25, 0.3) is 0 Å². The van der Waals surface area contributed by atoms with Gasteiger partial charge >= 0.3 is 0 Å². The average Bonchev–Trinajstić information content (AvgIpc) is 1.71. The molecule has 0 unspecified atom stereocenters. The minimum atomic E-state index is 0.194. The third-order valence-electron chi connectivity index (χ3n) is 0.144. The molecule has 0 saturated carbocycles. The molecule has 4 heteroatoms. The monoisotopic (exact) mass is 153 g/mol. The third kappa shape index (κ3) is 43.6. The normalized spacial score (nSPS) is 5.25. The van der Waals surface area contributed by atoms with Gasteiger partial charge in [-0.05, 0) is 0 Å². The smallest absolute Gasteiger partial charge is 0.211 e. The van der Waals surface area contributed by atoms with Crippen LogP contribution >= 0.6 is 23.2 Å². The van der Waals surface area contributed by atoms with Crippen LogP contribution < -0.4 is 0 Å². The van der Waals surface area contributed by atoms with Gasteiger partial charge in [0, 0.05) is 6.20 Å². The lowest BCUT2D eigenvalue weighted by Gasteiger charge is -1.45. The van der Waals surface area contributed by atoms with Crippen LogP contribution in [0.1, 0.15) is 0 Å². The molecule has 0 bridgehead atoms. The fourth-order valence-electron chi connectivity index (χ4n) is 0.0373. The second-order valence-corrected chi connectivity index (χ2v) is 1.31. The first-order valence-corrected chi connectivity index (χ1v) is 2.70. The number of hydrogen-bond donors (Lipinski definition) is 0. The molecule has 0 fully saturated rings. The van der Waals surface area contributed by atoms with Crippen molar-refractivity contribution in [1.82, 2.24) is 0 Å². The second kappa shape index (κ2) is 15.9. The van der Waals surface area contributed by atoms with Crippen molar-refractivity contribution in [2.75, 3.05) is 5.34 Å². The molecule has 46 valence electrons. The van der Waals surface area contributed by atoms with E-state index in [1.807, 2.05) is 0 Å². The van der Waals surface area contributed by atoms with Gasteiger partial charge in [-0.1, -0.05) is 6.58 Å². The molecule has 0 atom stereocenters. The Morgan fingerprint density at radius 2 is 2.12 bits per heavy atom. The molecule has 8 heavy (non-hydrogen) atoms. The summed E-state index contributed by atoms with van der Waals surface area (Å²) in [6, 6.07) is 0. The summed E-state index contributed by atoms with van der Waals surface area (Å²) < 4.78 is 0. The zero-order valence-electron chi connectivity index (χ0n) is 4.10. The lowest BCUT2D eigenvalue weighted by molar-refractivity contribution is 0.565. The summed E-state index contributed by atoms with van der Waals surface area (Å²) in [6.45, 7) is 3.12. The van der Waals surface area contributed by atoms with Crippen molar-refractivity contribution in [1.29, 1.82) is 0 Å². The van der Waals surface area contributed by atoms with Gasteiger partial charge in [-0.25, -0.2) is 4.79 Å². The molecule has 0 aliphatic carbocycles. The summed E-state index contributed by atoms with van der Waals surface area (Å²) >= 11 is 9.53. The van der Waals surface area contributed by atoms with Gasteiger partial charge in [0.15, 0.2) is 0 Å². The lowest BCUT2D eigenvalue weighted by Crippen LogP contribution is -1.37. The molecule has 0 aromatic heterocycles. The summed E-state index contributed by atoms with van der Waals surface area (Å²) in [6.07, 6.45) is 2.41. The molecule has 0 aromatic carbocycles. The Kier molecular flexibility index (Phi) is 21.1. The first-order valence-electron chi connectivity index (χ1n) is 1.63. The highest BCUT2D eigenvalue weighted by atomic mass is 35.5. The molecule has 0 heterocycles. The molecule has 0 aromatic rings. The first kappa shape index (κ1) is 10.6. The van der Waals surface area contributed by atoms with Gasteiger partial charge < -0.3 is 0 Å². The molecule has 2 nitrogen and oxygen atoms in total. The fraction of sp³-hybridized carbons (Fsp3) is 0.250. The summed E-state index contributed by atoms with van der Waals surface area (Å²) in [5.41, 5.74) is 0. The molecule has 0 rings (SSSR count). The summed E-state index contributed by atoms with van der Waals surface area (Å²) in [4.78, 5) is 12.0. The molecule has 0 aliphatic heterocycles. The van der Waals surface area contributed by atoms with Gasteiger partial charge in [-0.3, -0.25) is 0 Å². The lowest BCUT2D eigenvalue weighted by atomic mass is 11.1. The van der Waals surface area contributed by atoms with Crippen molar-refractivity contribution in [2.45, 2.75) is 0 Å². The Bertz CT molecular complexity index is 88.0. The SMILES string of the molecule is C=CN=C=O.ClCCl. The standard InChI is InChI=1S/C3H3NO.CH2Cl2/c1-2-4-3-5;2-1-3/h2H,1H2;1H2. The van der Waals surface area contributed by atoms with Crippen LogP contribution in [0, 0.1) is 0 Å². The minimum Gasteiger partial charge on any atom is -0.211 e. The maximum absolute atomic E-state index is 9.04. The van der Waals surface area contributed by atoms with E-state index in [1.54, 1.807) is 0 Å². The van der Waals surface area contributed by atoms with Crippen molar-refractivity contribution in [3.05, 3.63) is 12.8 Å². The Hall–Kier alpha value is -0.300. The average molecular weight is 154 g/mol.